The number of aliphatic hydroxyl groups excluding tert-OH is 3. The van der Waals surface area contributed by atoms with Crippen LogP contribution in [-0.4, -0.2) is 69.5 Å². The maximum absolute atomic E-state index is 10.3. The van der Waals surface area contributed by atoms with Crippen molar-refractivity contribution in [2.24, 2.45) is 0 Å². The van der Waals surface area contributed by atoms with Crippen LogP contribution in [0.25, 0.3) is 22.6 Å². The number of fused-ring (bicyclic) bond motifs is 1. The Labute approximate surface area is 166 Å². The molecule has 0 aromatic carbocycles. The summed E-state index contributed by atoms with van der Waals surface area (Å²) in [5, 5.41) is 34.0. The molecule has 1 fully saturated rings. The molecule has 0 amide bonds. The Balaban J connectivity index is 1.67. The monoisotopic (exact) mass is 403 g/mol. The van der Waals surface area contributed by atoms with E-state index in [1.54, 1.807) is 6.20 Å². The minimum absolute atomic E-state index is 0.189. The number of anilines is 1. The molecule has 29 heavy (non-hydrogen) atoms. The molecule has 4 heterocycles. The predicted molar refractivity (Wildman–Crippen MR) is 103 cm³/mol. The molecule has 0 spiro atoms. The molecule has 3 aromatic heterocycles. The third kappa shape index (κ3) is 3.57. The minimum Gasteiger partial charge on any atom is -0.394 e. The largest absolute Gasteiger partial charge is 0.394 e. The van der Waals surface area contributed by atoms with Crippen LogP contribution in [0.3, 0.4) is 0 Å². The molecule has 11 heteroatoms. The van der Waals surface area contributed by atoms with E-state index in [1.165, 1.54) is 10.9 Å². The van der Waals surface area contributed by atoms with Crippen LogP contribution in [0.2, 0.25) is 0 Å². The fraction of sp³-hybridized carbons (Fsp3) is 0.556. The Morgan fingerprint density at radius 3 is 2.76 bits per heavy atom. The van der Waals surface area contributed by atoms with Gasteiger partial charge in [-0.1, -0.05) is 19.8 Å². The van der Waals surface area contributed by atoms with Crippen molar-refractivity contribution in [3.8, 4) is 11.4 Å². The van der Waals surface area contributed by atoms with Crippen LogP contribution in [0.1, 0.15) is 32.4 Å². The van der Waals surface area contributed by atoms with Crippen molar-refractivity contribution in [2.75, 3.05) is 12.3 Å². The number of nitrogens with two attached hydrogens (primary N) is 1. The minimum atomic E-state index is -1.24. The fourth-order valence-electron chi connectivity index (χ4n) is 3.49. The average Bonchev–Trinajstić information content (AvgIpc) is 3.41. The number of hydrogen-bond acceptors (Lipinski definition) is 9. The van der Waals surface area contributed by atoms with Gasteiger partial charge in [-0.05, 0) is 6.42 Å². The number of nitrogens with zero attached hydrogens (tertiary/aromatic N) is 6. The number of imidazole rings is 1. The van der Waals surface area contributed by atoms with E-state index in [-0.39, 0.29) is 5.82 Å². The SMILES string of the molecule is CCCCCn1cc(-c2nc(N)c3ncn([C@@H]4OC(CO)[C@@H](O)[C@H]4O)c3n2)cn1. The fourth-order valence-corrected chi connectivity index (χ4v) is 3.49. The number of aliphatic hydroxyl groups is 3. The van der Waals surface area contributed by atoms with Crippen LogP contribution < -0.4 is 5.73 Å². The molecule has 4 rings (SSSR count). The molecule has 1 aliphatic heterocycles. The second kappa shape index (κ2) is 8.03. The summed E-state index contributed by atoms with van der Waals surface area (Å²) in [6.07, 6.45) is 3.96. The lowest BCUT2D eigenvalue weighted by molar-refractivity contribution is -0.0511. The zero-order valence-corrected chi connectivity index (χ0v) is 16.1. The highest BCUT2D eigenvalue weighted by Crippen LogP contribution is 2.32. The van der Waals surface area contributed by atoms with Crippen LogP contribution >= 0.6 is 0 Å². The highest BCUT2D eigenvalue weighted by Gasteiger charge is 2.44. The normalized spacial score (nSPS) is 24.6. The summed E-state index contributed by atoms with van der Waals surface area (Å²) in [6, 6.07) is 0. The van der Waals surface area contributed by atoms with E-state index >= 15 is 0 Å². The zero-order valence-electron chi connectivity index (χ0n) is 16.1. The molecule has 1 unspecified atom stereocenters. The molecule has 3 aromatic rings. The Hall–Kier alpha value is -2.60. The maximum Gasteiger partial charge on any atom is 0.168 e. The number of unbranched alkanes of at least 4 members (excludes halogenated alkanes) is 2. The first kappa shape index (κ1) is 19.7. The molecular weight excluding hydrogens is 378 g/mol. The Kier molecular flexibility index (Phi) is 5.46. The molecule has 0 saturated carbocycles. The molecule has 11 nitrogen and oxygen atoms in total. The smallest absolute Gasteiger partial charge is 0.168 e. The van der Waals surface area contributed by atoms with E-state index in [4.69, 9.17) is 10.5 Å². The first-order valence-electron chi connectivity index (χ1n) is 9.68. The van der Waals surface area contributed by atoms with Gasteiger partial charge >= 0.3 is 0 Å². The van der Waals surface area contributed by atoms with Crippen molar-refractivity contribution in [1.82, 2.24) is 29.3 Å². The lowest BCUT2D eigenvalue weighted by atomic mass is 10.1. The quantitative estimate of drug-likeness (QED) is 0.401. The maximum atomic E-state index is 10.3. The van der Waals surface area contributed by atoms with Crippen LogP contribution in [0, 0.1) is 0 Å². The van der Waals surface area contributed by atoms with Gasteiger partial charge in [0.15, 0.2) is 23.5 Å². The molecule has 4 atom stereocenters. The molecule has 5 N–H and O–H groups in total. The van der Waals surface area contributed by atoms with Crippen molar-refractivity contribution in [3.05, 3.63) is 18.7 Å². The van der Waals surface area contributed by atoms with E-state index in [1.807, 2.05) is 10.9 Å². The molecule has 0 radical (unpaired) electrons. The standard InChI is InChI=1S/C18H25N7O4/c1-2-3-4-5-24-7-10(6-21-24)16-22-15(19)12-17(23-16)25(9-20-12)18-14(28)13(27)11(8-26)29-18/h6-7,9,11,13-14,18,26-28H,2-5,8H2,1H3,(H2,19,22,23)/t11?,13-,14-,18-/m1/s1. The first-order valence-corrected chi connectivity index (χ1v) is 9.68. The van der Waals surface area contributed by atoms with Gasteiger partial charge < -0.3 is 25.8 Å². The van der Waals surface area contributed by atoms with Gasteiger partial charge in [-0.2, -0.15) is 5.10 Å². The molecule has 156 valence electrons. The Morgan fingerprint density at radius 1 is 1.21 bits per heavy atom. The van der Waals surface area contributed by atoms with Gasteiger partial charge in [0.2, 0.25) is 0 Å². The van der Waals surface area contributed by atoms with Crippen LogP contribution in [-0.2, 0) is 11.3 Å². The van der Waals surface area contributed by atoms with Crippen molar-refractivity contribution in [3.63, 3.8) is 0 Å². The van der Waals surface area contributed by atoms with E-state index in [9.17, 15) is 15.3 Å². The number of nitrogen functional groups attached to an aromatic ring is 1. The third-order valence-corrected chi connectivity index (χ3v) is 5.12. The number of ether oxygens (including phenoxy) is 1. The van der Waals surface area contributed by atoms with Crippen molar-refractivity contribution < 1.29 is 20.1 Å². The van der Waals surface area contributed by atoms with Crippen molar-refractivity contribution in [1.29, 1.82) is 0 Å². The third-order valence-electron chi connectivity index (χ3n) is 5.12. The number of hydrogen-bond donors (Lipinski definition) is 4. The molecular formula is C18H25N7O4. The summed E-state index contributed by atoms with van der Waals surface area (Å²) in [6.45, 7) is 2.54. The lowest BCUT2D eigenvalue weighted by Gasteiger charge is -2.16. The number of aryl methyl sites for hydroxylation is 1. The highest BCUT2D eigenvalue weighted by molar-refractivity contribution is 5.83. The second-order valence-corrected chi connectivity index (χ2v) is 7.18. The van der Waals surface area contributed by atoms with Crippen LogP contribution in [0.15, 0.2) is 18.7 Å². The van der Waals surface area contributed by atoms with Gasteiger partial charge in [-0.3, -0.25) is 9.25 Å². The van der Waals surface area contributed by atoms with Gasteiger partial charge in [0, 0.05) is 12.7 Å². The molecule has 1 aliphatic rings. The predicted octanol–water partition coefficient (Wildman–Crippen LogP) is 0.0737. The molecule has 0 aliphatic carbocycles. The van der Waals surface area contributed by atoms with E-state index < -0.39 is 31.1 Å². The van der Waals surface area contributed by atoms with Gasteiger partial charge in [-0.25, -0.2) is 15.0 Å². The summed E-state index contributed by atoms with van der Waals surface area (Å²) in [5.41, 5.74) is 7.52. The first-order chi connectivity index (χ1) is 14.0. The Morgan fingerprint density at radius 2 is 2.03 bits per heavy atom. The highest BCUT2D eigenvalue weighted by atomic mass is 16.6. The average molecular weight is 403 g/mol. The number of rotatable bonds is 7. The lowest BCUT2D eigenvalue weighted by Crippen LogP contribution is -2.33. The van der Waals surface area contributed by atoms with E-state index in [0.717, 1.165) is 25.8 Å². The summed E-state index contributed by atoms with van der Waals surface area (Å²) in [5.74, 6) is 0.569. The molecule has 0 bridgehead atoms. The second-order valence-electron chi connectivity index (χ2n) is 7.18. The van der Waals surface area contributed by atoms with Gasteiger partial charge in [0.1, 0.15) is 23.8 Å². The topological polar surface area (TPSA) is 157 Å². The molecule has 1 saturated heterocycles. The summed E-state index contributed by atoms with van der Waals surface area (Å²) < 4.78 is 8.92. The van der Waals surface area contributed by atoms with E-state index in [2.05, 4.69) is 27.0 Å². The summed E-state index contributed by atoms with van der Waals surface area (Å²) >= 11 is 0. The van der Waals surface area contributed by atoms with Gasteiger partial charge in [-0.15, -0.1) is 0 Å². The summed E-state index contributed by atoms with van der Waals surface area (Å²) in [7, 11) is 0. The Bertz CT molecular complexity index is 988. The van der Waals surface area contributed by atoms with Crippen LogP contribution in [0.5, 0.6) is 0 Å². The van der Waals surface area contributed by atoms with Crippen LogP contribution in [0.4, 0.5) is 5.82 Å². The van der Waals surface area contributed by atoms with Gasteiger partial charge in [0.25, 0.3) is 0 Å². The van der Waals surface area contributed by atoms with Crippen molar-refractivity contribution >= 4 is 17.0 Å². The summed E-state index contributed by atoms with van der Waals surface area (Å²) in [4.78, 5) is 13.1. The van der Waals surface area contributed by atoms with Gasteiger partial charge in [0.05, 0.1) is 24.7 Å². The zero-order chi connectivity index (χ0) is 20.5. The number of aromatic nitrogens is 6. The van der Waals surface area contributed by atoms with Crippen molar-refractivity contribution in [2.45, 2.75) is 57.3 Å². The van der Waals surface area contributed by atoms with E-state index in [0.29, 0.717) is 22.6 Å².